The Kier molecular flexibility index (Phi) is 6.11. The van der Waals surface area contributed by atoms with Crippen LogP contribution in [0.2, 0.25) is 0 Å². The normalized spacial score (nSPS) is 14.5. The highest BCUT2D eigenvalue weighted by molar-refractivity contribution is 5.44. The third-order valence-corrected chi connectivity index (χ3v) is 3.10. The second-order valence-electron chi connectivity index (χ2n) is 4.90. The molecule has 5 nitrogen and oxygen atoms in total. The van der Waals surface area contributed by atoms with E-state index in [4.69, 9.17) is 14.2 Å². The quantitative estimate of drug-likeness (QED) is 0.674. The van der Waals surface area contributed by atoms with Crippen molar-refractivity contribution in [1.29, 1.82) is 0 Å². The molecule has 1 aromatic rings. The Morgan fingerprint density at radius 1 is 1.35 bits per heavy atom. The monoisotopic (exact) mass is 281 g/mol. The Bertz CT molecular complexity index is 411. The maximum absolute atomic E-state index is 9.75. The molecule has 1 heterocycles. The molecule has 0 saturated carbocycles. The van der Waals surface area contributed by atoms with Gasteiger partial charge in [-0.2, -0.15) is 0 Å². The van der Waals surface area contributed by atoms with Crippen molar-refractivity contribution in [2.45, 2.75) is 32.4 Å². The van der Waals surface area contributed by atoms with Gasteiger partial charge in [0.15, 0.2) is 11.5 Å². The van der Waals surface area contributed by atoms with Gasteiger partial charge in [0.05, 0.1) is 12.7 Å². The topological polar surface area (TPSA) is 60.0 Å². The van der Waals surface area contributed by atoms with E-state index < -0.39 is 6.10 Å². The lowest BCUT2D eigenvalue weighted by Crippen LogP contribution is -2.30. The summed E-state index contributed by atoms with van der Waals surface area (Å²) in [6, 6.07) is 5.85. The van der Waals surface area contributed by atoms with Crippen molar-refractivity contribution in [3.63, 3.8) is 0 Å². The van der Waals surface area contributed by atoms with E-state index in [0.717, 1.165) is 36.5 Å². The van der Waals surface area contributed by atoms with E-state index in [1.54, 1.807) is 0 Å². The van der Waals surface area contributed by atoms with Crippen LogP contribution in [0.4, 0.5) is 0 Å². The molecule has 2 N–H and O–H groups in total. The number of benzene rings is 1. The predicted octanol–water partition coefficient (Wildman–Crippen LogP) is 1.68. The zero-order valence-electron chi connectivity index (χ0n) is 11.9. The van der Waals surface area contributed by atoms with Gasteiger partial charge in [0.2, 0.25) is 6.79 Å². The lowest BCUT2D eigenvalue weighted by Gasteiger charge is -2.12. The van der Waals surface area contributed by atoms with Gasteiger partial charge in [0, 0.05) is 19.7 Å². The van der Waals surface area contributed by atoms with Crippen molar-refractivity contribution in [3.05, 3.63) is 23.8 Å². The second-order valence-corrected chi connectivity index (χ2v) is 4.90. The summed E-state index contributed by atoms with van der Waals surface area (Å²) in [4.78, 5) is 0. The van der Waals surface area contributed by atoms with Crippen molar-refractivity contribution in [1.82, 2.24) is 5.32 Å². The second kappa shape index (κ2) is 8.09. The van der Waals surface area contributed by atoms with E-state index in [-0.39, 0.29) is 0 Å². The summed E-state index contributed by atoms with van der Waals surface area (Å²) >= 11 is 0. The fraction of sp³-hybridized carbons (Fsp3) is 0.600. The number of aliphatic hydroxyl groups is 1. The zero-order valence-corrected chi connectivity index (χ0v) is 11.9. The van der Waals surface area contributed by atoms with Gasteiger partial charge >= 0.3 is 0 Å². The molecule has 5 heteroatoms. The first kappa shape index (κ1) is 15.1. The number of unbranched alkanes of at least 4 members (excludes halogenated alkanes) is 1. The smallest absolute Gasteiger partial charge is 0.231 e. The first-order valence-electron chi connectivity index (χ1n) is 7.14. The third-order valence-electron chi connectivity index (χ3n) is 3.10. The number of fused-ring (bicyclic) bond motifs is 1. The van der Waals surface area contributed by atoms with Crippen molar-refractivity contribution in [3.8, 4) is 11.5 Å². The van der Waals surface area contributed by atoms with Crippen molar-refractivity contribution in [2.24, 2.45) is 0 Å². The lowest BCUT2D eigenvalue weighted by atomic mass is 10.2. The first-order valence-corrected chi connectivity index (χ1v) is 7.14. The summed E-state index contributed by atoms with van der Waals surface area (Å²) in [5.74, 6) is 1.57. The molecular formula is C15H23NO4. The Hall–Kier alpha value is -1.30. The fourth-order valence-electron chi connectivity index (χ4n) is 1.96. The average Bonchev–Trinajstić information content (AvgIpc) is 2.91. The largest absolute Gasteiger partial charge is 0.454 e. The number of aliphatic hydroxyl groups excluding tert-OH is 1. The van der Waals surface area contributed by atoms with Gasteiger partial charge in [-0.25, -0.2) is 0 Å². The van der Waals surface area contributed by atoms with Crippen LogP contribution in [-0.4, -0.2) is 37.8 Å². The van der Waals surface area contributed by atoms with Crippen molar-refractivity contribution in [2.75, 3.05) is 26.6 Å². The van der Waals surface area contributed by atoms with Gasteiger partial charge in [-0.15, -0.1) is 0 Å². The van der Waals surface area contributed by atoms with E-state index in [1.165, 1.54) is 0 Å². The fourth-order valence-corrected chi connectivity index (χ4v) is 1.96. The van der Waals surface area contributed by atoms with Crippen LogP contribution in [0, 0.1) is 0 Å². The van der Waals surface area contributed by atoms with Crippen LogP contribution in [0.3, 0.4) is 0 Å². The molecule has 0 aliphatic carbocycles. The number of hydrogen-bond acceptors (Lipinski definition) is 5. The molecule has 0 spiro atoms. The molecule has 1 atom stereocenters. The predicted molar refractivity (Wildman–Crippen MR) is 76.0 cm³/mol. The molecule has 0 bridgehead atoms. The third kappa shape index (κ3) is 4.67. The van der Waals surface area contributed by atoms with Crippen LogP contribution in [0.15, 0.2) is 18.2 Å². The van der Waals surface area contributed by atoms with Gasteiger partial charge in [-0.05, 0) is 24.1 Å². The van der Waals surface area contributed by atoms with Gasteiger partial charge in [0.1, 0.15) is 0 Å². The van der Waals surface area contributed by atoms with E-state index >= 15 is 0 Å². The molecule has 1 unspecified atom stereocenters. The van der Waals surface area contributed by atoms with Gasteiger partial charge in [-0.3, -0.25) is 0 Å². The van der Waals surface area contributed by atoms with Crippen molar-refractivity contribution < 1.29 is 19.3 Å². The van der Waals surface area contributed by atoms with Crippen LogP contribution in [-0.2, 0) is 11.3 Å². The van der Waals surface area contributed by atoms with Crippen LogP contribution in [0.25, 0.3) is 0 Å². The molecule has 0 radical (unpaired) electrons. The van der Waals surface area contributed by atoms with Crippen LogP contribution in [0.5, 0.6) is 11.5 Å². The lowest BCUT2D eigenvalue weighted by molar-refractivity contribution is 0.0358. The minimum atomic E-state index is -0.471. The van der Waals surface area contributed by atoms with Crippen molar-refractivity contribution >= 4 is 0 Å². The molecule has 1 aliphatic heterocycles. The summed E-state index contributed by atoms with van der Waals surface area (Å²) in [6.45, 7) is 4.71. The molecule has 1 aromatic carbocycles. The highest BCUT2D eigenvalue weighted by Gasteiger charge is 2.13. The SMILES string of the molecule is CCCCOCC(O)CNCc1ccc2c(c1)OCO2. The maximum atomic E-state index is 9.75. The summed E-state index contributed by atoms with van der Waals surface area (Å²) in [5, 5.41) is 13.0. The Balaban J connectivity index is 1.63. The standard InChI is InChI=1S/C15H23NO4/c1-2-3-6-18-10-13(17)9-16-8-12-4-5-14-15(7-12)20-11-19-14/h4-5,7,13,16-17H,2-3,6,8-11H2,1H3. The molecular weight excluding hydrogens is 258 g/mol. The van der Waals surface area contributed by atoms with E-state index in [2.05, 4.69) is 12.2 Å². The molecule has 2 rings (SSSR count). The maximum Gasteiger partial charge on any atom is 0.231 e. The minimum absolute atomic E-state index is 0.292. The number of hydrogen-bond donors (Lipinski definition) is 2. The van der Waals surface area contributed by atoms with E-state index in [9.17, 15) is 5.11 Å². The molecule has 0 amide bonds. The van der Waals surface area contributed by atoms with E-state index in [0.29, 0.717) is 26.5 Å². The minimum Gasteiger partial charge on any atom is -0.454 e. The zero-order chi connectivity index (χ0) is 14.2. The van der Waals surface area contributed by atoms with E-state index in [1.807, 2.05) is 18.2 Å². The summed E-state index contributed by atoms with van der Waals surface area (Å²) in [6.07, 6.45) is 1.68. The summed E-state index contributed by atoms with van der Waals surface area (Å²) in [5.41, 5.74) is 1.10. The number of ether oxygens (including phenoxy) is 3. The average molecular weight is 281 g/mol. The van der Waals surface area contributed by atoms with Crippen LogP contribution < -0.4 is 14.8 Å². The Labute approximate surface area is 119 Å². The molecule has 0 saturated heterocycles. The van der Waals surface area contributed by atoms with Gasteiger partial charge < -0.3 is 24.6 Å². The highest BCUT2D eigenvalue weighted by atomic mass is 16.7. The first-order chi connectivity index (χ1) is 9.79. The summed E-state index contributed by atoms with van der Waals surface area (Å²) in [7, 11) is 0. The highest BCUT2D eigenvalue weighted by Crippen LogP contribution is 2.32. The van der Waals surface area contributed by atoms with Gasteiger partial charge in [-0.1, -0.05) is 19.4 Å². The molecule has 112 valence electrons. The molecule has 0 aromatic heterocycles. The Morgan fingerprint density at radius 3 is 3.05 bits per heavy atom. The molecule has 0 fully saturated rings. The summed E-state index contributed by atoms with van der Waals surface area (Å²) < 4.78 is 16.0. The van der Waals surface area contributed by atoms with Gasteiger partial charge in [0.25, 0.3) is 0 Å². The Morgan fingerprint density at radius 2 is 2.20 bits per heavy atom. The molecule has 20 heavy (non-hydrogen) atoms. The van der Waals surface area contributed by atoms with Crippen LogP contribution in [0.1, 0.15) is 25.3 Å². The molecule has 1 aliphatic rings. The van der Waals surface area contributed by atoms with Crippen LogP contribution >= 0.6 is 0 Å². The number of nitrogens with one attached hydrogen (secondary N) is 1. The number of rotatable bonds is 9.